The summed E-state index contributed by atoms with van der Waals surface area (Å²) in [6.45, 7) is -0.545. The zero-order chi connectivity index (χ0) is 20.1. The first-order valence-corrected chi connectivity index (χ1v) is 9.83. The standard InChI is InChI=1S/C24H23NO4/c26-23(25-22-11-5-9-18-7-3-4-10-21(18)22)15-29-24(27)16-28-20-13-12-17-6-1-2-8-19(17)14-20/h1-4,6-8,10,12-14,22H,5,9,11,15-16H2,(H,25,26)/t22-/m0/s1. The van der Waals surface area contributed by atoms with Crippen LogP contribution in [0.2, 0.25) is 0 Å². The lowest BCUT2D eigenvalue weighted by Crippen LogP contribution is -2.34. The van der Waals surface area contributed by atoms with Crippen molar-refractivity contribution in [3.05, 3.63) is 77.9 Å². The van der Waals surface area contributed by atoms with Crippen molar-refractivity contribution in [3.8, 4) is 5.75 Å². The summed E-state index contributed by atoms with van der Waals surface area (Å²) in [5.74, 6) is -0.285. The van der Waals surface area contributed by atoms with Crippen molar-refractivity contribution in [2.75, 3.05) is 13.2 Å². The van der Waals surface area contributed by atoms with Gasteiger partial charge in [-0.25, -0.2) is 4.79 Å². The van der Waals surface area contributed by atoms with Gasteiger partial charge in [0, 0.05) is 0 Å². The van der Waals surface area contributed by atoms with Gasteiger partial charge in [0.25, 0.3) is 5.91 Å². The molecule has 1 amide bonds. The maximum atomic E-state index is 12.2. The van der Waals surface area contributed by atoms with Gasteiger partial charge in [-0.1, -0.05) is 54.6 Å². The Labute approximate surface area is 169 Å². The van der Waals surface area contributed by atoms with Crippen LogP contribution in [0.1, 0.15) is 30.0 Å². The molecule has 0 unspecified atom stereocenters. The third kappa shape index (κ3) is 4.74. The minimum Gasteiger partial charge on any atom is -0.482 e. The van der Waals surface area contributed by atoms with Gasteiger partial charge in [-0.2, -0.15) is 0 Å². The fraction of sp³-hybridized carbons (Fsp3) is 0.250. The van der Waals surface area contributed by atoms with Crippen LogP contribution < -0.4 is 10.1 Å². The van der Waals surface area contributed by atoms with Crippen molar-refractivity contribution in [1.82, 2.24) is 5.32 Å². The molecule has 1 aliphatic carbocycles. The Kier molecular flexibility index (Phi) is 5.75. The molecule has 0 spiro atoms. The van der Waals surface area contributed by atoms with Crippen LogP contribution in [0.25, 0.3) is 10.8 Å². The molecule has 4 rings (SSSR count). The lowest BCUT2D eigenvalue weighted by Gasteiger charge is -2.26. The van der Waals surface area contributed by atoms with Gasteiger partial charge in [-0.05, 0) is 53.3 Å². The number of nitrogens with one attached hydrogen (secondary N) is 1. The molecule has 5 heteroatoms. The number of carbonyl (C=O) groups excluding carboxylic acids is 2. The zero-order valence-corrected chi connectivity index (χ0v) is 16.1. The number of fused-ring (bicyclic) bond motifs is 2. The molecule has 0 radical (unpaired) electrons. The molecule has 29 heavy (non-hydrogen) atoms. The fourth-order valence-electron chi connectivity index (χ4n) is 3.73. The molecule has 3 aromatic rings. The number of benzene rings is 3. The highest BCUT2D eigenvalue weighted by Crippen LogP contribution is 2.29. The van der Waals surface area contributed by atoms with Crippen LogP contribution in [0.3, 0.4) is 0 Å². The van der Waals surface area contributed by atoms with Gasteiger partial charge < -0.3 is 14.8 Å². The van der Waals surface area contributed by atoms with Gasteiger partial charge >= 0.3 is 5.97 Å². The summed E-state index contributed by atoms with van der Waals surface area (Å²) in [6.07, 6.45) is 2.95. The predicted molar refractivity (Wildman–Crippen MR) is 111 cm³/mol. The Bertz CT molecular complexity index is 1030. The molecule has 148 valence electrons. The van der Waals surface area contributed by atoms with E-state index in [1.807, 2.05) is 60.7 Å². The first-order valence-electron chi connectivity index (χ1n) is 9.83. The maximum Gasteiger partial charge on any atom is 0.344 e. The van der Waals surface area contributed by atoms with Gasteiger partial charge in [0.15, 0.2) is 13.2 Å². The van der Waals surface area contributed by atoms with Gasteiger partial charge in [-0.3, -0.25) is 4.79 Å². The molecule has 3 aromatic carbocycles. The molecule has 1 N–H and O–H groups in total. The molecule has 0 heterocycles. The normalized spacial score (nSPS) is 15.4. The van der Waals surface area contributed by atoms with Crippen LogP contribution in [-0.4, -0.2) is 25.1 Å². The summed E-state index contributed by atoms with van der Waals surface area (Å²) in [4.78, 5) is 24.2. The molecule has 0 aromatic heterocycles. The van der Waals surface area contributed by atoms with E-state index < -0.39 is 5.97 Å². The van der Waals surface area contributed by atoms with E-state index in [2.05, 4.69) is 11.4 Å². The molecule has 0 fully saturated rings. The minimum absolute atomic E-state index is 0.0278. The van der Waals surface area contributed by atoms with Crippen LogP contribution in [0.4, 0.5) is 0 Å². The lowest BCUT2D eigenvalue weighted by molar-refractivity contribution is -0.150. The van der Waals surface area contributed by atoms with Crippen LogP contribution in [-0.2, 0) is 20.7 Å². The van der Waals surface area contributed by atoms with Gasteiger partial charge in [0.05, 0.1) is 6.04 Å². The Hall–Kier alpha value is -3.34. The second-order valence-corrected chi connectivity index (χ2v) is 7.17. The summed E-state index contributed by atoms with van der Waals surface area (Å²) >= 11 is 0. The second-order valence-electron chi connectivity index (χ2n) is 7.17. The third-order valence-corrected chi connectivity index (χ3v) is 5.15. The number of hydrogen-bond donors (Lipinski definition) is 1. The van der Waals surface area contributed by atoms with E-state index >= 15 is 0 Å². The van der Waals surface area contributed by atoms with Crippen molar-refractivity contribution in [1.29, 1.82) is 0 Å². The molecule has 0 saturated carbocycles. The van der Waals surface area contributed by atoms with Crippen LogP contribution in [0, 0.1) is 0 Å². The quantitative estimate of drug-likeness (QED) is 0.648. The zero-order valence-electron chi connectivity index (χ0n) is 16.1. The Morgan fingerprint density at radius 1 is 0.931 bits per heavy atom. The highest BCUT2D eigenvalue weighted by Gasteiger charge is 2.21. The Morgan fingerprint density at radius 3 is 2.62 bits per heavy atom. The van der Waals surface area contributed by atoms with Crippen LogP contribution in [0.15, 0.2) is 66.7 Å². The van der Waals surface area contributed by atoms with Crippen molar-refractivity contribution in [2.24, 2.45) is 0 Å². The summed E-state index contributed by atoms with van der Waals surface area (Å²) in [5, 5.41) is 5.10. The van der Waals surface area contributed by atoms with E-state index in [-0.39, 0.29) is 25.2 Å². The minimum atomic E-state index is -0.572. The molecular weight excluding hydrogens is 366 g/mol. The SMILES string of the molecule is O=C(COC(=O)COc1ccc2ccccc2c1)N[C@H]1CCCc2ccccc21. The summed E-state index contributed by atoms with van der Waals surface area (Å²) in [5.41, 5.74) is 2.42. The van der Waals surface area contributed by atoms with Crippen LogP contribution >= 0.6 is 0 Å². The molecule has 0 aliphatic heterocycles. The Morgan fingerprint density at radius 2 is 1.72 bits per heavy atom. The number of ether oxygens (including phenoxy) is 2. The molecule has 0 bridgehead atoms. The van der Waals surface area contributed by atoms with Crippen molar-refractivity contribution in [2.45, 2.75) is 25.3 Å². The Balaban J connectivity index is 1.24. The van der Waals surface area contributed by atoms with Crippen LogP contribution in [0.5, 0.6) is 5.75 Å². The van der Waals surface area contributed by atoms with E-state index in [4.69, 9.17) is 9.47 Å². The first-order chi connectivity index (χ1) is 14.2. The highest BCUT2D eigenvalue weighted by atomic mass is 16.6. The summed E-state index contributed by atoms with van der Waals surface area (Å²) < 4.78 is 10.6. The predicted octanol–water partition coefficient (Wildman–Crippen LogP) is 3.96. The fourth-order valence-corrected chi connectivity index (χ4v) is 3.73. The van der Waals surface area contributed by atoms with Crippen molar-refractivity contribution < 1.29 is 19.1 Å². The topological polar surface area (TPSA) is 64.6 Å². The van der Waals surface area contributed by atoms with Gasteiger partial charge in [0.2, 0.25) is 0 Å². The monoisotopic (exact) mass is 389 g/mol. The summed E-state index contributed by atoms with van der Waals surface area (Å²) in [6, 6.07) is 21.6. The molecule has 1 atom stereocenters. The smallest absolute Gasteiger partial charge is 0.344 e. The molecule has 0 saturated heterocycles. The summed E-state index contributed by atoms with van der Waals surface area (Å²) in [7, 11) is 0. The van der Waals surface area contributed by atoms with Crippen molar-refractivity contribution in [3.63, 3.8) is 0 Å². The second kappa shape index (κ2) is 8.78. The van der Waals surface area contributed by atoms with E-state index in [1.165, 1.54) is 5.56 Å². The average Bonchev–Trinajstić information content (AvgIpc) is 2.76. The number of esters is 1. The first kappa shape index (κ1) is 19.0. The highest BCUT2D eigenvalue weighted by molar-refractivity contribution is 5.84. The molecular formula is C24H23NO4. The lowest BCUT2D eigenvalue weighted by atomic mass is 9.88. The average molecular weight is 389 g/mol. The van der Waals surface area contributed by atoms with E-state index in [1.54, 1.807) is 0 Å². The molecule has 5 nitrogen and oxygen atoms in total. The van der Waals surface area contributed by atoms with Crippen molar-refractivity contribution >= 4 is 22.6 Å². The van der Waals surface area contributed by atoms with Gasteiger partial charge in [-0.15, -0.1) is 0 Å². The van der Waals surface area contributed by atoms with E-state index in [9.17, 15) is 9.59 Å². The molecule has 1 aliphatic rings. The number of hydrogen-bond acceptors (Lipinski definition) is 4. The number of amides is 1. The maximum absolute atomic E-state index is 12.2. The number of aryl methyl sites for hydroxylation is 1. The van der Waals surface area contributed by atoms with E-state index in [0.29, 0.717) is 5.75 Å². The van der Waals surface area contributed by atoms with E-state index in [0.717, 1.165) is 35.6 Å². The number of carbonyl (C=O) groups is 2. The van der Waals surface area contributed by atoms with Gasteiger partial charge in [0.1, 0.15) is 5.75 Å². The number of rotatable bonds is 6. The third-order valence-electron chi connectivity index (χ3n) is 5.15. The largest absolute Gasteiger partial charge is 0.482 e.